The zero-order chi connectivity index (χ0) is 91.8. The molecule has 38 heteroatoms. The highest BCUT2D eigenvalue weighted by atomic mass is 35.5. The van der Waals surface area contributed by atoms with Crippen LogP contribution in [-0.4, -0.2) is 221 Å². The Hall–Kier alpha value is -11.9. The van der Waals surface area contributed by atoms with Crippen LogP contribution in [0.4, 0.5) is 36.2 Å². The van der Waals surface area contributed by atoms with Crippen molar-refractivity contribution in [1.29, 1.82) is 0 Å². The van der Waals surface area contributed by atoms with Crippen LogP contribution in [0.25, 0.3) is 31.3 Å². The summed E-state index contributed by atoms with van der Waals surface area (Å²) in [5.41, 5.74) is 14.7. The number of alkyl carbamates (subject to hydrolysis) is 1. The number of carbonyl (C=O) groups is 14. The van der Waals surface area contributed by atoms with Gasteiger partial charge in [-0.1, -0.05) is 74.5 Å². The molecule has 34 nitrogen and oxygen atoms in total. The Morgan fingerprint density at radius 2 is 1.13 bits per heavy atom. The molecule has 2 aromatic heterocycles. The molecule has 680 valence electrons. The van der Waals surface area contributed by atoms with E-state index in [-0.39, 0.29) is 144 Å². The number of primary amides is 1. The number of hydrogen-bond donors (Lipinski definition) is 7. The number of thiophene rings is 2. The van der Waals surface area contributed by atoms with Gasteiger partial charge in [-0.25, -0.2) is 24.0 Å². The molecule has 0 bridgehead atoms. The summed E-state index contributed by atoms with van der Waals surface area (Å²) in [6.45, 7) is 12.3. The third kappa shape index (κ3) is 23.3. The van der Waals surface area contributed by atoms with Gasteiger partial charge in [-0.05, 0) is 131 Å². The number of nitrogens with one attached hydrogen (secondary N) is 6. The van der Waals surface area contributed by atoms with Crippen LogP contribution in [0.5, 0.6) is 11.5 Å². The lowest BCUT2D eigenvalue weighted by atomic mass is 9.96. The van der Waals surface area contributed by atoms with Crippen LogP contribution in [-0.2, 0) is 87.7 Å². The van der Waals surface area contributed by atoms with Gasteiger partial charge in [0.2, 0.25) is 47.8 Å². The number of nitrogens with zero attached hydrogens (tertiary/aromatic N) is 4. The van der Waals surface area contributed by atoms with Crippen LogP contribution >= 0.6 is 45.9 Å². The van der Waals surface area contributed by atoms with Crippen LogP contribution in [0.1, 0.15) is 150 Å². The fourth-order valence-corrected chi connectivity index (χ4v) is 18.7. The quantitative estimate of drug-likeness (QED) is 0.00823. The first-order valence-electron chi connectivity index (χ1n) is 41.6. The van der Waals surface area contributed by atoms with Gasteiger partial charge in [0.15, 0.2) is 24.1 Å². The van der Waals surface area contributed by atoms with Gasteiger partial charge < -0.3 is 99.9 Å². The normalized spacial score (nSPS) is 17.9. The van der Waals surface area contributed by atoms with Crippen molar-refractivity contribution in [2.24, 2.45) is 11.7 Å². The Morgan fingerprint density at radius 1 is 0.598 bits per heavy atom. The second-order valence-electron chi connectivity index (χ2n) is 31.9. The zero-order valence-corrected chi connectivity index (χ0v) is 75.4. The number of fused-ring (bicyclic) bond motifs is 9. The van der Waals surface area contributed by atoms with E-state index in [9.17, 15) is 67.1 Å². The summed E-state index contributed by atoms with van der Waals surface area (Å²) in [6.07, 6.45) is -9.30. The number of nitrogens with two attached hydrogens (primary N) is 1. The molecule has 1 saturated heterocycles. The summed E-state index contributed by atoms with van der Waals surface area (Å²) in [6, 6.07) is 21.4. The maximum atomic E-state index is 14.7. The molecular formula is C89H105Cl2N11O23S2. The summed E-state index contributed by atoms with van der Waals surface area (Å²) < 4.78 is 53.0. The van der Waals surface area contributed by atoms with Crippen LogP contribution in [0.2, 0.25) is 0 Å². The van der Waals surface area contributed by atoms with Gasteiger partial charge in [0.1, 0.15) is 37.1 Å². The number of unbranched alkanes of at least 4 members (excludes halogenated alkanes) is 1. The maximum Gasteiger partial charge on any atom is 0.415 e. The molecule has 8 N–H and O–H groups in total. The Bertz CT molecular complexity index is 5260. The molecule has 0 saturated carbocycles. The molecule has 5 heterocycles. The summed E-state index contributed by atoms with van der Waals surface area (Å²) in [5.74, 6) is -7.48. The largest absolute Gasteiger partial charge is 0.467 e. The minimum absolute atomic E-state index is 0.00473. The number of aryl methyl sites for hydroxylation is 2. The summed E-state index contributed by atoms with van der Waals surface area (Å²) >= 11 is 16.0. The van der Waals surface area contributed by atoms with Crippen LogP contribution in [0, 0.1) is 19.8 Å². The fraction of sp³-hybridized carbons (Fsp3) is 0.461. The van der Waals surface area contributed by atoms with Crippen molar-refractivity contribution in [2.75, 3.05) is 94.0 Å². The monoisotopic (exact) mass is 1830 g/mol. The number of hydrogen-bond acceptors (Lipinski definition) is 25. The van der Waals surface area contributed by atoms with Gasteiger partial charge in [0, 0.05) is 152 Å². The van der Waals surface area contributed by atoms with E-state index in [4.69, 9.17) is 71.6 Å². The standard InChI is InChI=1S/C89H105Cl2N11O23S2/c1-46(2)74(98-82(110)62(95-49(5)103)24-16-17-32-94-87(114)118-43-61-59-22-14-12-20-57(59)58-21-13-15-23-60(58)61)83(111)97-63(25-19-33-93-86(92)113)81(109)96-56-30-28-53(29-31-56)42-119-88(115)99(9)34-35-100(10)89(116)124-67-37-65-73(71-48(4)45-127-80(67)71)55(39-91)41-102(65)69(108)27-18-26-68(107)101-40-54(38-90)72-64(101)36-66(79-70(72)47(3)44-126-79)123-85-78(122-52(8)106)76(121-51(7)105)75(120-50(6)104)77(125-85)84(112)117-11/h12-15,20-23,28-31,36-37,44-46,54-55,61-63,74-78,85H,16-19,24-27,32-35,38-43H2,1-11H3,(H,94,114)(H,95,103)(H,96,109)(H,97,111)(H,98,110)(H3,92,93,113)/t54-,55-,62+,63+,74+,75+,76+,77+,78-,85-/m1/s1. The Labute approximate surface area is 751 Å². The second-order valence-corrected chi connectivity index (χ2v) is 34.3. The van der Waals surface area contributed by atoms with E-state index in [1.54, 1.807) is 60.0 Å². The van der Waals surface area contributed by atoms with Gasteiger partial charge in [0.05, 0.1) is 27.9 Å². The number of carbonyl (C=O) groups excluding carboxylic acids is 14. The minimum Gasteiger partial charge on any atom is -0.467 e. The van der Waals surface area contributed by atoms with E-state index in [1.807, 2.05) is 73.1 Å². The Morgan fingerprint density at radius 3 is 1.68 bits per heavy atom. The molecule has 11 amide bonds. The molecule has 0 unspecified atom stereocenters. The topological polar surface area (TPSA) is 433 Å². The molecule has 3 aliphatic heterocycles. The smallest absolute Gasteiger partial charge is 0.415 e. The van der Waals surface area contributed by atoms with Crippen molar-refractivity contribution in [3.05, 3.63) is 135 Å². The summed E-state index contributed by atoms with van der Waals surface area (Å²) in [4.78, 5) is 192. The number of esters is 4. The molecule has 1 aliphatic carbocycles. The number of methoxy groups -OCH3 is 1. The molecule has 10 atom stereocenters. The Kier molecular flexibility index (Phi) is 32.9. The molecular weight excluding hydrogens is 1730 g/mol. The highest BCUT2D eigenvalue weighted by molar-refractivity contribution is 7.18. The lowest BCUT2D eigenvalue weighted by molar-refractivity contribution is -0.282. The van der Waals surface area contributed by atoms with Crippen LogP contribution < -0.4 is 56.9 Å². The average Bonchev–Trinajstić information content (AvgIpc) is 1.45. The number of rotatable bonds is 37. The SMILES string of the molecule is COC(=O)[C@H]1O[C@@H](Oc2cc3c(c4c(C)csc24)[C@H](CCl)CN3C(=O)CCCC(=O)N2C[C@@H](CCl)c3c2cc(OC(=O)N(C)CCN(C)C(=O)OCc2ccc(NC(=O)[C@H](CCCNC(N)=O)NC(=O)[C@@H](NC(=O)[C@H](CCCCNC(=O)OCC4c5ccccc5-c5ccccc54)NC(C)=O)C(C)C)cc2)c2scc(C)c32)[C@H](OC(C)=O)[C@@H](OC(C)=O)[C@@H]1OC(C)=O. The van der Waals surface area contributed by atoms with Crippen molar-refractivity contribution in [3.8, 4) is 22.6 Å². The molecule has 1 fully saturated rings. The van der Waals surface area contributed by atoms with Gasteiger partial charge in [-0.2, -0.15) is 0 Å². The number of benzene rings is 5. The number of ether oxygens (including phenoxy) is 9. The van der Waals surface area contributed by atoms with E-state index in [0.29, 0.717) is 44.9 Å². The van der Waals surface area contributed by atoms with E-state index in [0.717, 1.165) is 83.2 Å². The first-order chi connectivity index (χ1) is 60.7. The van der Waals surface area contributed by atoms with E-state index >= 15 is 0 Å². The second kappa shape index (κ2) is 43.6. The molecule has 11 rings (SSSR count). The molecule has 5 aromatic carbocycles. The number of amides is 11. The highest BCUT2D eigenvalue weighted by Crippen LogP contribution is 2.52. The number of alkyl halides is 2. The van der Waals surface area contributed by atoms with Crippen molar-refractivity contribution in [3.63, 3.8) is 0 Å². The molecule has 0 radical (unpaired) electrons. The van der Waals surface area contributed by atoms with Gasteiger partial charge in [-0.3, -0.25) is 43.2 Å². The molecule has 4 aliphatic rings. The van der Waals surface area contributed by atoms with E-state index < -0.39 is 127 Å². The first-order valence-corrected chi connectivity index (χ1v) is 44.5. The molecule has 127 heavy (non-hydrogen) atoms. The van der Waals surface area contributed by atoms with Crippen LogP contribution in [0.3, 0.4) is 0 Å². The first kappa shape index (κ1) is 95.8. The predicted molar refractivity (Wildman–Crippen MR) is 473 cm³/mol. The van der Waals surface area contributed by atoms with Crippen molar-refractivity contribution in [1.82, 2.24) is 36.4 Å². The predicted octanol–water partition coefficient (Wildman–Crippen LogP) is 10.9. The van der Waals surface area contributed by atoms with E-state index in [1.165, 1.54) is 53.5 Å². The Balaban J connectivity index is 0.660. The van der Waals surface area contributed by atoms with Crippen molar-refractivity contribution in [2.45, 2.75) is 180 Å². The third-order valence-electron chi connectivity index (χ3n) is 22.3. The zero-order valence-electron chi connectivity index (χ0n) is 72.2. The van der Waals surface area contributed by atoms with E-state index in [2.05, 4.69) is 31.9 Å². The highest BCUT2D eigenvalue weighted by Gasteiger charge is 2.56. The van der Waals surface area contributed by atoms with Gasteiger partial charge in [0.25, 0.3) is 0 Å². The summed E-state index contributed by atoms with van der Waals surface area (Å²) in [7, 11) is 4.06. The minimum atomic E-state index is -1.74. The molecule has 0 spiro atoms. The maximum absolute atomic E-state index is 14.7. The number of urea groups is 1. The number of likely N-dealkylation sites (N-methyl/N-ethyl adjacent to an activating group) is 2. The number of halogens is 2. The van der Waals surface area contributed by atoms with Crippen molar-refractivity contribution < 1.29 is 110 Å². The number of anilines is 3. The lowest BCUT2D eigenvalue weighted by Gasteiger charge is -2.43. The summed E-state index contributed by atoms with van der Waals surface area (Å²) in [5, 5.41) is 21.5. The van der Waals surface area contributed by atoms with Gasteiger partial charge in [-0.15, -0.1) is 45.9 Å². The average molecular weight is 1830 g/mol. The fourth-order valence-electron chi connectivity index (χ4n) is 16.1. The van der Waals surface area contributed by atoms with Crippen molar-refractivity contribution >= 4 is 167 Å². The van der Waals surface area contributed by atoms with Gasteiger partial charge >= 0.3 is 48.2 Å². The van der Waals surface area contributed by atoms with Crippen LogP contribution in [0.15, 0.2) is 95.7 Å². The lowest BCUT2D eigenvalue weighted by Crippen LogP contribution is -2.64. The third-order valence-corrected chi connectivity index (χ3v) is 25.3. The molecule has 7 aromatic rings.